The van der Waals surface area contributed by atoms with Crippen molar-refractivity contribution in [1.29, 1.82) is 0 Å². The molecule has 1 aromatic carbocycles. The molecular weight excluding hydrogens is 471 g/mol. The average molecular weight is 494 g/mol. The molecular formula is C16H23IN4O2S2. The Labute approximate surface area is 170 Å². The van der Waals surface area contributed by atoms with Crippen molar-refractivity contribution >= 4 is 51.3 Å². The fraction of sp³-hybridized carbons (Fsp3) is 0.312. The first-order valence-corrected chi connectivity index (χ1v) is 9.98. The van der Waals surface area contributed by atoms with Crippen LogP contribution in [-0.4, -0.2) is 28.0 Å². The standard InChI is InChI=1S/C16H22N4O2S2.HI/c1-3-18-16(20-12-14-5-4-10-23-14)19-11-13-6-8-15(9-7-13)24(21,22)17-2;/h4-10,17H,3,11-12H2,1-2H3,(H2,18,19,20);1H. The number of guanidine groups is 1. The summed E-state index contributed by atoms with van der Waals surface area (Å²) < 4.78 is 25.7. The second-order valence-electron chi connectivity index (χ2n) is 4.98. The second-order valence-corrected chi connectivity index (χ2v) is 7.90. The van der Waals surface area contributed by atoms with Gasteiger partial charge in [-0.2, -0.15) is 0 Å². The van der Waals surface area contributed by atoms with Gasteiger partial charge < -0.3 is 10.6 Å². The van der Waals surface area contributed by atoms with Gasteiger partial charge in [0.25, 0.3) is 0 Å². The van der Waals surface area contributed by atoms with E-state index in [1.165, 1.54) is 11.9 Å². The number of nitrogens with one attached hydrogen (secondary N) is 3. The summed E-state index contributed by atoms with van der Waals surface area (Å²) in [6.45, 7) is 3.98. The number of hydrogen-bond donors (Lipinski definition) is 3. The van der Waals surface area contributed by atoms with Gasteiger partial charge in [-0.1, -0.05) is 18.2 Å². The van der Waals surface area contributed by atoms with Crippen molar-refractivity contribution < 1.29 is 8.42 Å². The van der Waals surface area contributed by atoms with Crippen LogP contribution in [0.2, 0.25) is 0 Å². The summed E-state index contributed by atoms with van der Waals surface area (Å²) in [5.74, 6) is 0.734. The molecule has 3 N–H and O–H groups in total. The van der Waals surface area contributed by atoms with Crippen LogP contribution in [0.5, 0.6) is 0 Å². The molecule has 6 nitrogen and oxygen atoms in total. The maximum Gasteiger partial charge on any atom is 0.240 e. The van der Waals surface area contributed by atoms with E-state index in [1.807, 2.05) is 18.4 Å². The van der Waals surface area contributed by atoms with Crippen molar-refractivity contribution in [3.05, 3.63) is 52.2 Å². The number of thiophene rings is 1. The van der Waals surface area contributed by atoms with Gasteiger partial charge in [0.1, 0.15) is 0 Å². The molecule has 1 heterocycles. The largest absolute Gasteiger partial charge is 0.357 e. The van der Waals surface area contributed by atoms with Crippen molar-refractivity contribution in [3.8, 4) is 0 Å². The first kappa shape index (κ1) is 21.9. The van der Waals surface area contributed by atoms with E-state index in [1.54, 1.807) is 35.6 Å². The Balaban J connectivity index is 0.00000312. The first-order valence-electron chi connectivity index (χ1n) is 7.62. The predicted octanol–water partition coefficient (Wildman–Crippen LogP) is 2.53. The van der Waals surface area contributed by atoms with Gasteiger partial charge in [0, 0.05) is 11.4 Å². The average Bonchev–Trinajstić information content (AvgIpc) is 3.11. The zero-order valence-electron chi connectivity index (χ0n) is 14.2. The molecule has 0 aliphatic rings. The Kier molecular flexibility index (Phi) is 9.39. The molecule has 0 amide bonds. The van der Waals surface area contributed by atoms with E-state index in [9.17, 15) is 8.42 Å². The van der Waals surface area contributed by atoms with E-state index >= 15 is 0 Å². The molecule has 0 spiro atoms. The minimum atomic E-state index is -3.40. The van der Waals surface area contributed by atoms with Gasteiger partial charge in [0.2, 0.25) is 10.0 Å². The van der Waals surface area contributed by atoms with E-state index in [0.717, 1.165) is 24.6 Å². The molecule has 9 heteroatoms. The molecule has 0 unspecified atom stereocenters. The van der Waals surface area contributed by atoms with Gasteiger partial charge in [-0.3, -0.25) is 0 Å². The Morgan fingerprint density at radius 1 is 1.16 bits per heavy atom. The van der Waals surface area contributed by atoms with Crippen LogP contribution < -0.4 is 15.4 Å². The van der Waals surface area contributed by atoms with Gasteiger partial charge in [-0.05, 0) is 43.1 Å². The summed E-state index contributed by atoms with van der Waals surface area (Å²) in [5.41, 5.74) is 0.943. The maximum absolute atomic E-state index is 11.7. The lowest BCUT2D eigenvalue weighted by molar-refractivity contribution is 0.588. The Morgan fingerprint density at radius 2 is 1.88 bits per heavy atom. The minimum Gasteiger partial charge on any atom is -0.357 e. The lowest BCUT2D eigenvalue weighted by Crippen LogP contribution is -2.36. The molecule has 1 aromatic heterocycles. The van der Waals surface area contributed by atoms with Crippen LogP contribution in [0.3, 0.4) is 0 Å². The minimum absolute atomic E-state index is 0. The topological polar surface area (TPSA) is 82.6 Å². The van der Waals surface area contributed by atoms with Crippen LogP contribution in [0.15, 0.2) is 51.7 Å². The van der Waals surface area contributed by atoms with E-state index < -0.39 is 10.0 Å². The molecule has 2 aromatic rings. The molecule has 0 saturated heterocycles. The highest BCUT2D eigenvalue weighted by Gasteiger charge is 2.10. The third kappa shape index (κ3) is 6.92. The normalized spacial score (nSPS) is 11.7. The summed E-state index contributed by atoms with van der Waals surface area (Å²) in [5, 5.41) is 8.52. The van der Waals surface area contributed by atoms with Gasteiger partial charge in [-0.15, -0.1) is 35.3 Å². The van der Waals surface area contributed by atoms with Gasteiger partial charge in [-0.25, -0.2) is 18.1 Å². The van der Waals surface area contributed by atoms with E-state index in [2.05, 4.69) is 26.4 Å². The molecule has 0 atom stereocenters. The molecule has 138 valence electrons. The van der Waals surface area contributed by atoms with Crippen LogP contribution in [0.1, 0.15) is 17.4 Å². The molecule has 0 fully saturated rings. The Morgan fingerprint density at radius 3 is 2.44 bits per heavy atom. The van der Waals surface area contributed by atoms with Gasteiger partial charge in [0.05, 0.1) is 18.0 Å². The quantitative estimate of drug-likeness (QED) is 0.314. The summed E-state index contributed by atoms with van der Waals surface area (Å²) in [6, 6.07) is 10.8. The third-order valence-electron chi connectivity index (χ3n) is 3.28. The van der Waals surface area contributed by atoms with Crippen molar-refractivity contribution in [2.45, 2.75) is 24.9 Å². The Bertz CT molecular complexity index is 760. The van der Waals surface area contributed by atoms with E-state index in [4.69, 9.17) is 0 Å². The zero-order valence-corrected chi connectivity index (χ0v) is 18.1. The lowest BCUT2D eigenvalue weighted by Gasteiger charge is -2.10. The van der Waals surface area contributed by atoms with E-state index in [-0.39, 0.29) is 28.9 Å². The number of hydrogen-bond acceptors (Lipinski definition) is 4. The molecule has 0 saturated carbocycles. The van der Waals surface area contributed by atoms with Crippen molar-refractivity contribution in [3.63, 3.8) is 0 Å². The summed E-state index contributed by atoms with van der Waals surface area (Å²) in [4.78, 5) is 6.02. The molecule has 0 bridgehead atoms. The van der Waals surface area contributed by atoms with Crippen LogP contribution in [-0.2, 0) is 23.1 Å². The smallest absolute Gasteiger partial charge is 0.240 e. The van der Waals surface area contributed by atoms with Crippen LogP contribution in [0.4, 0.5) is 0 Å². The highest BCUT2D eigenvalue weighted by molar-refractivity contribution is 14.0. The highest BCUT2D eigenvalue weighted by Crippen LogP contribution is 2.11. The Hall–Kier alpha value is -1.17. The lowest BCUT2D eigenvalue weighted by atomic mass is 10.2. The number of aliphatic imine (C=N–C) groups is 1. The SMILES string of the molecule is CCNC(=NCc1ccc(S(=O)(=O)NC)cc1)NCc1cccs1.I. The van der Waals surface area contributed by atoms with Crippen molar-refractivity contribution in [2.75, 3.05) is 13.6 Å². The fourth-order valence-electron chi connectivity index (χ4n) is 1.99. The molecule has 25 heavy (non-hydrogen) atoms. The maximum atomic E-state index is 11.7. The zero-order chi connectivity index (χ0) is 17.4. The number of sulfonamides is 1. The van der Waals surface area contributed by atoms with Crippen LogP contribution >= 0.6 is 35.3 Å². The third-order valence-corrected chi connectivity index (χ3v) is 5.58. The van der Waals surface area contributed by atoms with Crippen LogP contribution in [0, 0.1) is 0 Å². The van der Waals surface area contributed by atoms with Crippen molar-refractivity contribution in [1.82, 2.24) is 15.4 Å². The molecule has 0 radical (unpaired) electrons. The summed E-state index contributed by atoms with van der Waals surface area (Å²) in [7, 11) is -2.00. The second kappa shape index (κ2) is 10.7. The highest BCUT2D eigenvalue weighted by atomic mass is 127. The van der Waals surface area contributed by atoms with Gasteiger partial charge in [0.15, 0.2) is 5.96 Å². The number of rotatable bonds is 7. The first-order chi connectivity index (χ1) is 11.5. The fourth-order valence-corrected chi connectivity index (χ4v) is 3.36. The van der Waals surface area contributed by atoms with Crippen LogP contribution in [0.25, 0.3) is 0 Å². The molecule has 2 rings (SSSR count). The summed E-state index contributed by atoms with van der Waals surface area (Å²) in [6.07, 6.45) is 0. The summed E-state index contributed by atoms with van der Waals surface area (Å²) >= 11 is 1.70. The number of benzene rings is 1. The molecule has 0 aliphatic carbocycles. The predicted molar refractivity (Wildman–Crippen MR) is 114 cm³/mol. The number of halogens is 1. The number of nitrogens with zero attached hydrogens (tertiary/aromatic N) is 1. The van der Waals surface area contributed by atoms with Crippen molar-refractivity contribution in [2.24, 2.45) is 4.99 Å². The van der Waals surface area contributed by atoms with E-state index in [0.29, 0.717) is 6.54 Å². The molecule has 0 aliphatic heterocycles. The van der Waals surface area contributed by atoms with Gasteiger partial charge >= 0.3 is 0 Å². The monoisotopic (exact) mass is 494 g/mol.